The van der Waals surface area contributed by atoms with Crippen LogP contribution in [0.1, 0.15) is 116 Å². The van der Waals surface area contributed by atoms with Gasteiger partial charge >= 0.3 is 0 Å². The predicted molar refractivity (Wildman–Crippen MR) is 216 cm³/mol. The SMILES string of the molecule is C=CC(C)C(C(=O)NCCC)N(C)CO.CC.CC.CCC.CCNC=O.CN[C@H](CN1CCN(C)S1=O)C(C)(C)C.C[C@@H]1CCCN1C=O. The zero-order chi connectivity index (χ0) is 40.3. The van der Waals surface area contributed by atoms with Crippen LogP contribution in [0.3, 0.4) is 0 Å². The standard InChI is InChI=1S/C11H22N2O2.C10H23N3OS.C6H11NO.C3H7NO.C3H8.2C2H6/c1-5-7-12-11(15)10(9(3)6-2)13(4)8-14;1-10(2,3)9(11-4)8-13-7-6-12(5)15(13)14;1-6-3-2-4-7(6)5-8;1-2-4-3-5;1-3-2;2*1-2/h6,9-10,14H,2,5,7-8H2,1,3-4H3,(H,12,15);9,11H,6-8H2,1-5H3;5-6H,2-4H2,1H3;3H,2H2,1H3,(H,4,5);3H2,1-2H3;2*1-2H3/t;9-,15?;6-;;;;/m.11..../s1. The van der Waals surface area contributed by atoms with Crippen LogP contribution in [-0.4, -0.2) is 132 Å². The minimum atomic E-state index is -0.936. The summed E-state index contributed by atoms with van der Waals surface area (Å²) in [4.78, 5) is 34.7. The summed E-state index contributed by atoms with van der Waals surface area (Å²) in [5.41, 5.74) is 0.195. The van der Waals surface area contributed by atoms with Crippen LogP contribution >= 0.6 is 0 Å². The van der Waals surface area contributed by atoms with Crippen LogP contribution in [0.25, 0.3) is 0 Å². The molecule has 2 rings (SSSR count). The Kier molecular flexibility index (Phi) is 44.0. The van der Waals surface area contributed by atoms with Crippen LogP contribution in [0, 0.1) is 11.3 Å². The Morgan fingerprint density at radius 2 is 1.62 bits per heavy atom. The van der Waals surface area contributed by atoms with E-state index < -0.39 is 11.2 Å². The Bertz CT molecular complexity index is 818. The molecule has 2 fully saturated rings. The number of rotatable bonds is 13. The highest BCUT2D eigenvalue weighted by Crippen LogP contribution is 2.22. The van der Waals surface area contributed by atoms with E-state index in [0.29, 0.717) is 25.0 Å². The maximum absolute atomic E-state index is 11.8. The molecule has 0 spiro atoms. The Morgan fingerprint density at radius 1 is 1.08 bits per heavy atom. The van der Waals surface area contributed by atoms with Gasteiger partial charge in [-0.1, -0.05) is 88.7 Å². The van der Waals surface area contributed by atoms with Gasteiger partial charge in [0.25, 0.3) is 0 Å². The molecule has 0 aromatic heterocycles. The summed E-state index contributed by atoms with van der Waals surface area (Å²) in [7, 11) is 5.59. The molecule has 0 bridgehead atoms. The average Bonchev–Trinajstić information content (AvgIpc) is 3.68. The first kappa shape index (κ1) is 57.4. The average molecular weight is 738 g/mol. The van der Waals surface area contributed by atoms with Gasteiger partial charge in [0.15, 0.2) is 11.2 Å². The largest absolute Gasteiger partial charge is 0.381 e. The molecule has 50 heavy (non-hydrogen) atoms. The van der Waals surface area contributed by atoms with E-state index in [4.69, 9.17) is 5.11 Å². The molecule has 2 aliphatic heterocycles. The molecule has 2 saturated heterocycles. The first-order chi connectivity index (χ1) is 23.6. The molecule has 13 heteroatoms. The fourth-order valence-corrected chi connectivity index (χ4v) is 5.51. The van der Waals surface area contributed by atoms with Gasteiger partial charge < -0.3 is 26.0 Å². The quantitative estimate of drug-likeness (QED) is 0.120. The van der Waals surface area contributed by atoms with Crippen LogP contribution in [0.4, 0.5) is 0 Å². The Labute approximate surface area is 312 Å². The van der Waals surface area contributed by atoms with Crippen LogP contribution in [0.15, 0.2) is 12.7 Å². The molecule has 3 unspecified atom stereocenters. The van der Waals surface area contributed by atoms with Gasteiger partial charge in [-0.15, -0.1) is 6.58 Å². The lowest BCUT2D eigenvalue weighted by Crippen LogP contribution is -2.48. The smallest absolute Gasteiger partial charge is 0.238 e. The van der Waals surface area contributed by atoms with Crippen molar-refractivity contribution in [1.82, 2.24) is 34.4 Å². The van der Waals surface area contributed by atoms with E-state index in [1.165, 1.54) is 19.3 Å². The van der Waals surface area contributed by atoms with E-state index in [1.807, 2.05) is 76.1 Å². The number of nitrogens with zero attached hydrogens (tertiary/aromatic N) is 4. The summed E-state index contributed by atoms with van der Waals surface area (Å²) in [5, 5.41) is 17.6. The monoisotopic (exact) mass is 738 g/mol. The zero-order valence-corrected chi connectivity index (χ0v) is 36.1. The number of aliphatic hydroxyl groups excluding tert-OH is 1. The highest BCUT2D eigenvalue weighted by molar-refractivity contribution is 7.80. The van der Waals surface area contributed by atoms with Gasteiger partial charge in [-0.25, -0.2) is 12.8 Å². The van der Waals surface area contributed by atoms with Gasteiger partial charge in [0.05, 0.1) is 12.8 Å². The molecule has 0 aromatic carbocycles. The Hall–Kier alpha value is -1.90. The second-order valence-electron chi connectivity index (χ2n) is 12.6. The first-order valence-corrected chi connectivity index (χ1v) is 19.8. The number of hydrogen-bond donors (Lipinski definition) is 4. The second-order valence-corrected chi connectivity index (χ2v) is 14.2. The van der Waals surface area contributed by atoms with Gasteiger partial charge in [-0.2, -0.15) is 0 Å². The van der Waals surface area contributed by atoms with Crippen molar-refractivity contribution in [2.75, 3.05) is 67.1 Å². The van der Waals surface area contributed by atoms with Crippen LogP contribution < -0.4 is 16.0 Å². The number of likely N-dealkylation sites (tertiary alicyclic amines) is 1. The van der Waals surface area contributed by atoms with Crippen LogP contribution in [0.5, 0.6) is 0 Å². The van der Waals surface area contributed by atoms with Gasteiger partial charge in [-0.05, 0) is 58.5 Å². The summed E-state index contributed by atoms with van der Waals surface area (Å²) >= 11 is -0.936. The molecule has 0 aliphatic carbocycles. The van der Waals surface area contributed by atoms with Gasteiger partial charge in [-0.3, -0.25) is 19.3 Å². The molecule has 12 nitrogen and oxygen atoms in total. The Balaban J connectivity index is -0.000000179. The molecule has 2 aliphatic rings. The van der Waals surface area contributed by atoms with Crippen LogP contribution in [0.2, 0.25) is 0 Å². The lowest BCUT2D eigenvalue weighted by Gasteiger charge is -2.32. The minimum absolute atomic E-state index is 0.0130. The molecule has 302 valence electrons. The number of amides is 3. The lowest BCUT2D eigenvalue weighted by molar-refractivity contribution is -0.128. The summed E-state index contributed by atoms with van der Waals surface area (Å²) in [5.74, 6) is -0.0418. The maximum atomic E-state index is 11.8. The summed E-state index contributed by atoms with van der Waals surface area (Å²) in [6, 6.07) is 0.513. The van der Waals surface area contributed by atoms with Gasteiger partial charge in [0, 0.05) is 58.4 Å². The minimum Gasteiger partial charge on any atom is -0.381 e. The summed E-state index contributed by atoms with van der Waals surface area (Å²) in [6.07, 6.45) is 7.86. The van der Waals surface area contributed by atoms with E-state index in [1.54, 1.807) is 18.0 Å². The van der Waals surface area contributed by atoms with Crippen molar-refractivity contribution in [2.45, 2.75) is 134 Å². The number of hydrogen-bond acceptors (Lipinski definition) is 7. The molecule has 2 heterocycles. The third kappa shape index (κ3) is 28.8. The van der Waals surface area contributed by atoms with E-state index >= 15 is 0 Å². The van der Waals surface area contributed by atoms with Crippen molar-refractivity contribution >= 4 is 29.9 Å². The number of carbonyl (C=O) groups is 3. The fourth-order valence-electron chi connectivity index (χ4n) is 4.37. The molecular formula is C37H83N7O5S. The molecule has 4 N–H and O–H groups in total. The normalized spacial score (nSPS) is 18.4. The number of aliphatic hydroxyl groups is 1. The number of likely N-dealkylation sites (N-methyl/N-ethyl adjacent to an activating group) is 3. The van der Waals surface area contributed by atoms with Crippen LogP contribution in [-0.2, 0) is 25.6 Å². The first-order valence-electron chi connectivity index (χ1n) is 18.8. The summed E-state index contributed by atoms with van der Waals surface area (Å²) in [6.45, 7) is 35.3. The molecule has 0 radical (unpaired) electrons. The van der Waals surface area contributed by atoms with E-state index in [2.05, 4.69) is 64.1 Å². The third-order valence-corrected chi connectivity index (χ3v) is 8.83. The summed E-state index contributed by atoms with van der Waals surface area (Å²) < 4.78 is 15.7. The van der Waals surface area contributed by atoms with E-state index in [9.17, 15) is 18.6 Å². The highest BCUT2D eigenvalue weighted by atomic mass is 32.2. The van der Waals surface area contributed by atoms with Crippen molar-refractivity contribution in [2.24, 2.45) is 11.3 Å². The van der Waals surface area contributed by atoms with Crippen molar-refractivity contribution in [3.8, 4) is 0 Å². The zero-order valence-electron chi connectivity index (χ0n) is 35.3. The van der Waals surface area contributed by atoms with Crippen molar-refractivity contribution < 1.29 is 23.7 Å². The molecule has 0 saturated carbocycles. The maximum Gasteiger partial charge on any atom is 0.238 e. The predicted octanol–water partition coefficient (Wildman–Crippen LogP) is 4.88. The van der Waals surface area contributed by atoms with Crippen molar-refractivity contribution in [3.05, 3.63) is 12.7 Å². The molecule has 5 atom stereocenters. The topological polar surface area (TPSA) is 138 Å². The fraction of sp³-hybridized carbons (Fsp3) is 0.865. The van der Waals surface area contributed by atoms with Gasteiger partial charge in [0.2, 0.25) is 18.7 Å². The van der Waals surface area contributed by atoms with Crippen molar-refractivity contribution in [1.29, 1.82) is 0 Å². The van der Waals surface area contributed by atoms with E-state index in [-0.39, 0.29) is 30.0 Å². The van der Waals surface area contributed by atoms with E-state index in [0.717, 1.165) is 45.6 Å². The van der Waals surface area contributed by atoms with Crippen molar-refractivity contribution in [3.63, 3.8) is 0 Å². The Morgan fingerprint density at radius 3 is 1.88 bits per heavy atom. The lowest BCUT2D eigenvalue weighted by atomic mass is 9.87. The number of carbonyl (C=O) groups excluding carboxylic acids is 3. The van der Waals surface area contributed by atoms with Gasteiger partial charge in [0.1, 0.15) is 0 Å². The second kappa shape index (κ2) is 38.3. The highest BCUT2D eigenvalue weighted by Gasteiger charge is 2.32. The number of nitrogens with one attached hydrogen (secondary N) is 3. The molecular weight excluding hydrogens is 655 g/mol. The molecule has 3 amide bonds. The third-order valence-electron chi connectivity index (χ3n) is 7.34. The molecule has 0 aromatic rings.